The molecular weight excluding hydrogens is 578 g/mol. The summed E-state index contributed by atoms with van der Waals surface area (Å²) < 4.78 is 13.6. The van der Waals surface area contributed by atoms with E-state index in [4.69, 9.17) is 14.6 Å². The highest BCUT2D eigenvalue weighted by atomic mass is 16.5. The number of rotatable bonds is 22. The number of hydrogen-bond acceptors (Lipinski definition) is 6. The fourth-order valence-electron chi connectivity index (χ4n) is 5.71. The van der Waals surface area contributed by atoms with Gasteiger partial charge in [0.15, 0.2) is 17.6 Å². The number of anilines is 1. The minimum atomic E-state index is -0.602. The number of benzene rings is 2. The fraction of sp³-hybridized carbons (Fsp3) is 0.541. The van der Waals surface area contributed by atoms with Gasteiger partial charge in [-0.1, -0.05) is 76.8 Å². The topological polar surface area (TPSA) is 114 Å². The number of amides is 1. The Morgan fingerprint density at radius 3 is 2.30 bits per heavy atom. The Balaban J connectivity index is 1.27. The molecule has 0 saturated heterocycles. The highest BCUT2D eigenvalue weighted by Crippen LogP contribution is 2.26. The number of carbonyl (C=O) groups excluding carboxylic acids is 1. The third kappa shape index (κ3) is 11.5. The number of aryl methyl sites for hydroxylation is 4. The molecule has 2 aromatic heterocycles. The van der Waals surface area contributed by atoms with Crippen molar-refractivity contribution < 1.29 is 19.4 Å². The zero-order valence-electron chi connectivity index (χ0n) is 28.0. The third-order valence-corrected chi connectivity index (χ3v) is 8.28. The molecule has 0 fully saturated rings. The van der Waals surface area contributed by atoms with Crippen LogP contribution in [0.3, 0.4) is 0 Å². The van der Waals surface area contributed by atoms with Crippen LogP contribution in [0.1, 0.15) is 107 Å². The van der Waals surface area contributed by atoms with Crippen LogP contribution in [0.4, 0.5) is 5.69 Å². The first-order valence-electron chi connectivity index (χ1n) is 17.3. The van der Waals surface area contributed by atoms with Crippen LogP contribution in [0, 0.1) is 13.8 Å². The number of aromatic amines is 1. The second-order valence-electron chi connectivity index (χ2n) is 12.4. The van der Waals surface area contributed by atoms with E-state index in [1.807, 2.05) is 50.2 Å². The molecule has 0 aliphatic carbocycles. The van der Waals surface area contributed by atoms with E-state index in [1.54, 1.807) is 4.63 Å². The van der Waals surface area contributed by atoms with Crippen LogP contribution >= 0.6 is 0 Å². The average molecular weight is 632 g/mol. The van der Waals surface area contributed by atoms with Crippen LogP contribution in [0.2, 0.25) is 0 Å². The molecule has 1 amide bonds. The zero-order valence-corrected chi connectivity index (χ0v) is 28.0. The Morgan fingerprint density at radius 2 is 1.63 bits per heavy atom. The standard InChI is InChI=1S/C37H53N5O4/c1-4-5-6-7-8-9-10-11-12-13-16-34(46-32-22-23-33(28(2)26-32)45-25-24-43)37(44)38-31-20-18-30(19-21-31)15-14-17-35-39-36-27-29(3)40-42(36)41-35/h18-23,26-27,34,40,43H,4-17,24-25H2,1-3H3,(H,38,44). The number of carbonyl (C=O) groups is 1. The van der Waals surface area contributed by atoms with E-state index < -0.39 is 6.10 Å². The summed E-state index contributed by atoms with van der Waals surface area (Å²) in [6.45, 7) is 6.38. The molecule has 2 heterocycles. The predicted molar refractivity (Wildman–Crippen MR) is 184 cm³/mol. The Morgan fingerprint density at radius 1 is 0.913 bits per heavy atom. The first-order valence-corrected chi connectivity index (χ1v) is 17.3. The summed E-state index contributed by atoms with van der Waals surface area (Å²) in [5.74, 6) is 2.03. The van der Waals surface area contributed by atoms with Gasteiger partial charge in [0.05, 0.1) is 6.61 Å². The maximum Gasteiger partial charge on any atom is 0.265 e. The van der Waals surface area contributed by atoms with Crippen molar-refractivity contribution in [3.63, 3.8) is 0 Å². The SMILES string of the molecule is CCCCCCCCCCCCC(Oc1ccc(OCCO)c(C)c1)C(=O)Nc1ccc(CCCc2nc3cc(C)[nH]n3n2)cc1. The molecule has 0 radical (unpaired) electrons. The normalized spacial score (nSPS) is 12.0. The molecule has 1 atom stereocenters. The van der Waals surface area contributed by atoms with Gasteiger partial charge in [0, 0.05) is 23.9 Å². The van der Waals surface area contributed by atoms with Crippen LogP contribution in [0.25, 0.3) is 5.65 Å². The monoisotopic (exact) mass is 631 g/mol. The smallest absolute Gasteiger partial charge is 0.265 e. The van der Waals surface area contributed by atoms with Gasteiger partial charge in [-0.3, -0.25) is 9.89 Å². The lowest BCUT2D eigenvalue weighted by Gasteiger charge is -2.20. The van der Waals surface area contributed by atoms with E-state index in [0.29, 0.717) is 17.9 Å². The van der Waals surface area contributed by atoms with Crippen LogP contribution in [-0.4, -0.2) is 50.1 Å². The van der Waals surface area contributed by atoms with Crippen LogP contribution in [-0.2, 0) is 17.6 Å². The first kappa shape index (κ1) is 35.0. The summed E-state index contributed by atoms with van der Waals surface area (Å²) in [6.07, 6.45) is 15.1. The van der Waals surface area contributed by atoms with Crippen molar-refractivity contribution in [3.8, 4) is 11.5 Å². The number of nitrogens with one attached hydrogen (secondary N) is 2. The number of aliphatic hydroxyl groups is 1. The van der Waals surface area contributed by atoms with E-state index in [-0.39, 0.29) is 19.1 Å². The summed E-state index contributed by atoms with van der Waals surface area (Å²) in [4.78, 5) is 18.1. The lowest BCUT2D eigenvalue weighted by Crippen LogP contribution is -2.33. The Labute approximate surface area is 274 Å². The van der Waals surface area contributed by atoms with Crippen LogP contribution in [0.15, 0.2) is 48.5 Å². The molecular formula is C37H53N5O4. The summed E-state index contributed by atoms with van der Waals surface area (Å²) in [7, 11) is 0. The van der Waals surface area contributed by atoms with Gasteiger partial charge in [0.2, 0.25) is 0 Å². The molecule has 4 aromatic rings. The summed E-state index contributed by atoms with van der Waals surface area (Å²) >= 11 is 0. The average Bonchev–Trinajstić information content (AvgIpc) is 3.58. The predicted octanol–water partition coefficient (Wildman–Crippen LogP) is 7.92. The van der Waals surface area contributed by atoms with Gasteiger partial charge < -0.3 is 19.9 Å². The van der Waals surface area contributed by atoms with Gasteiger partial charge in [-0.25, -0.2) is 4.98 Å². The molecule has 0 aliphatic rings. The summed E-state index contributed by atoms with van der Waals surface area (Å²) in [6, 6.07) is 15.6. The number of aromatic nitrogens is 4. The quantitative estimate of drug-likeness (QED) is 0.0760. The molecule has 46 heavy (non-hydrogen) atoms. The first-order chi connectivity index (χ1) is 22.4. The van der Waals surface area contributed by atoms with Crippen molar-refractivity contribution in [2.45, 2.75) is 117 Å². The summed E-state index contributed by atoms with van der Waals surface area (Å²) in [5, 5.41) is 19.8. The van der Waals surface area contributed by atoms with Gasteiger partial charge in [0.25, 0.3) is 5.91 Å². The molecule has 9 nitrogen and oxygen atoms in total. The van der Waals surface area contributed by atoms with E-state index in [0.717, 1.165) is 60.5 Å². The second kappa shape index (κ2) is 19.0. The van der Waals surface area contributed by atoms with Crippen molar-refractivity contribution in [2.24, 2.45) is 0 Å². The number of aliphatic hydroxyl groups excluding tert-OH is 1. The van der Waals surface area contributed by atoms with Gasteiger partial charge in [-0.2, -0.15) is 4.63 Å². The third-order valence-electron chi connectivity index (χ3n) is 8.28. The van der Waals surface area contributed by atoms with Gasteiger partial charge in [0.1, 0.15) is 18.1 Å². The number of hydrogen-bond donors (Lipinski definition) is 3. The minimum Gasteiger partial charge on any atom is -0.491 e. The zero-order chi connectivity index (χ0) is 32.6. The Bertz CT molecular complexity index is 1430. The Kier molecular flexibility index (Phi) is 14.4. The highest BCUT2D eigenvalue weighted by molar-refractivity contribution is 5.94. The van der Waals surface area contributed by atoms with Gasteiger partial charge in [-0.15, -0.1) is 5.10 Å². The van der Waals surface area contributed by atoms with Gasteiger partial charge >= 0.3 is 0 Å². The van der Waals surface area contributed by atoms with E-state index in [9.17, 15) is 4.79 Å². The number of H-pyrrole nitrogens is 1. The van der Waals surface area contributed by atoms with E-state index in [2.05, 4.69) is 39.6 Å². The number of ether oxygens (including phenoxy) is 2. The molecule has 0 saturated carbocycles. The summed E-state index contributed by atoms with van der Waals surface area (Å²) in [5.41, 5.74) is 4.75. The number of nitrogens with zero attached hydrogens (tertiary/aromatic N) is 3. The van der Waals surface area contributed by atoms with Crippen molar-refractivity contribution in [1.82, 2.24) is 19.8 Å². The molecule has 0 bridgehead atoms. The maximum atomic E-state index is 13.5. The number of unbranched alkanes of at least 4 members (excludes halogenated alkanes) is 9. The van der Waals surface area contributed by atoms with Crippen molar-refractivity contribution in [2.75, 3.05) is 18.5 Å². The lowest BCUT2D eigenvalue weighted by molar-refractivity contribution is -0.123. The van der Waals surface area contributed by atoms with Crippen molar-refractivity contribution >= 4 is 17.2 Å². The van der Waals surface area contributed by atoms with E-state index >= 15 is 0 Å². The number of fused-ring (bicyclic) bond motifs is 1. The largest absolute Gasteiger partial charge is 0.491 e. The van der Waals surface area contributed by atoms with Crippen LogP contribution < -0.4 is 14.8 Å². The maximum absolute atomic E-state index is 13.5. The van der Waals surface area contributed by atoms with Crippen LogP contribution in [0.5, 0.6) is 11.5 Å². The Hall–Kier alpha value is -3.85. The second-order valence-corrected chi connectivity index (χ2v) is 12.4. The molecule has 2 aromatic carbocycles. The molecule has 0 spiro atoms. The molecule has 0 aliphatic heterocycles. The molecule has 250 valence electrons. The lowest BCUT2D eigenvalue weighted by atomic mass is 10.0. The van der Waals surface area contributed by atoms with Gasteiger partial charge in [-0.05, 0) is 81.0 Å². The highest BCUT2D eigenvalue weighted by Gasteiger charge is 2.21. The van der Waals surface area contributed by atoms with Crippen molar-refractivity contribution in [1.29, 1.82) is 0 Å². The molecule has 4 rings (SSSR count). The van der Waals surface area contributed by atoms with E-state index in [1.165, 1.54) is 56.9 Å². The van der Waals surface area contributed by atoms with Crippen molar-refractivity contribution in [3.05, 3.63) is 71.2 Å². The fourth-order valence-corrected chi connectivity index (χ4v) is 5.71. The molecule has 9 heteroatoms. The molecule has 1 unspecified atom stereocenters. The minimum absolute atomic E-state index is 0.0418. The molecule has 3 N–H and O–H groups in total.